The summed E-state index contributed by atoms with van der Waals surface area (Å²) in [6, 6.07) is 2.92. The van der Waals surface area contributed by atoms with Crippen molar-refractivity contribution in [3.8, 4) is 0 Å². The van der Waals surface area contributed by atoms with E-state index in [0.717, 1.165) is 12.7 Å². The van der Waals surface area contributed by atoms with Crippen molar-refractivity contribution in [3.63, 3.8) is 0 Å². The molecule has 0 bridgehead atoms. The standard InChI is InChI=1S/C14H17IN6O2Si/c1-24-6-5-23-9-20-8-11(12(15)19-20)18-14(22)10-7-17-21-4-2-3-16-13(10)21/h2-4,7-8H,5-6,9,24H2,1H3,(H,18,22). The van der Waals surface area contributed by atoms with E-state index in [1.54, 1.807) is 33.9 Å². The van der Waals surface area contributed by atoms with Gasteiger partial charge in [0, 0.05) is 28.5 Å². The average molecular weight is 456 g/mol. The molecule has 3 rings (SSSR count). The Balaban J connectivity index is 1.69. The number of aromatic nitrogens is 5. The van der Waals surface area contributed by atoms with Crippen molar-refractivity contribution in [2.24, 2.45) is 0 Å². The third-order valence-electron chi connectivity index (χ3n) is 3.35. The Kier molecular flexibility index (Phi) is 5.58. The molecular weight excluding hydrogens is 439 g/mol. The summed E-state index contributed by atoms with van der Waals surface area (Å²) in [5.74, 6) is -0.265. The summed E-state index contributed by atoms with van der Waals surface area (Å²) >= 11 is 2.09. The highest BCUT2D eigenvalue weighted by Gasteiger charge is 2.16. The van der Waals surface area contributed by atoms with E-state index < -0.39 is 0 Å². The molecule has 3 aromatic heterocycles. The monoisotopic (exact) mass is 456 g/mol. The maximum Gasteiger partial charge on any atom is 0.261 e. The second-order valence-corrected chi connectivity index (χ2v) is 7.89. The van der Waals surface area contributed by atoms with Gasteiger partial charge >= 0.3 is 0 Å². The van der Waals surface area contributed by atoms with Crippen LogP contribution in [0.4, 0.5) is 5.69 Å². The fourth-order valence-corrected chi connectivity index (χ4v) is 3.17. The molecule has 0 radical (unpaired) electrons. The second kappa shape index (κ2) is 7.85. The number of amides is 1. The quantitative estimate of drug-likeness (QED) is 0.330. The molecule has 0 spiro atoms. The van der Waals surface area contributed by atoms with Crippen LogP contribution in [0.2, 0.25) is 12.6 Å². The van der Waals surface area contributed by atoms with Gasteiger partial charge in [-0.3, -0.25) is 4.79 Å². The summed E-state index contributed by atoms with van der Waals surface area (Å²) in [4.78, 5) is 16.7. The van der Waals surface area contributed by atoms with Crippen molar-refractivity contribution in [2.45, 2.75) is 19.3 Å². The number of rotatable bonds is 7. The van der Waals surface area contributed by atoms with Gasteiger partial charge in [0.25, 0.3) is 5.91 Å². The smallest absolute Gasteiger partial charge is 0.261 e. The molecule has 0 fully saturated rings. The van der Waals surface area contributed by atoms with Gasteiger partial charge in [-0.05, 0) is 34.7 Å². The molecule has 3 heterocycles. The molecule has 0 aromatic carbocycles. The first-order chi connectivity index (χ1) is 11.7. The van der Waals surface area contributed by atoms with Gasteiger partial charge < -0.3 is 10.1 Å². The van der Waals surface area contributed by atoms with Gasteiger partial charge in [0.1, 0.15) is 16.0 Å². The third-order valence-corrected chi connectivity index (χ3v) is 5.15. The zero-order valence-electron chi connectivity index (χ0n) is 13.1. The second-order valence-electron chi connectivity index (χ2n) is 5.16. The van der Waals surface area contributed by atoms with Crippen LogP contribution in [0.5, 0.6) is 0 Å². The summed E-state index contributed by atoms with van der Waals surface area (Å²) in [5.41, 5.74) is 1.58. The number of nitrogens with zero attached hydrogens (tertiary/aromatic N) is 5. The maximum atomic E-state index is 12.5. The lowest BCUT2D eigenvalue weighted by Gasteiger charge is -2.02. The largest absolute Gasteiger partial charge is 0.360 e. The molecule has 0 aliphatic rings. The minimum absolute atomic E-state index is 0.0273. The van der Waals surface area contributed by atoms with Gasteiger partial charge in [0.05, 0.1) is 18.1 Å². The van der Waals surface area contributed by atoms with Crippen molar-refractivity contribution in [1.82, 2.24) is 24.4 Å². The van der Waals surface area contributed by atoms with Crippen molar-refractivity contribution in [2.75, 3.05) is 11.9 Å². The van der Waals surface area contributed by atoms with Crippen LogP contribution in [-0.2, 0) is 11.5 Å². The summed E-state index contributed by atoms with van der Waals surface area (Å²) in [6.07, 6.45) is 6.65. The summed E-state index contributed by atoms with van der Waals surface area (Å²) in [6.45, 7) is 3.40. The molecule has 3 aromatic rings. The topological polar surface area (TPSA) is 86.3 Å². The fraction of sp³-hybridized carbons (Fsp3) is 0.286. The third kappa shape index (κ3) is 3.81. The molecule has 10 heteroatoms. The Hall–Kier alpha value is -1.79. The Bertz CT molecular complexity index is 849. The molecule has 24 heavy (non-hydrogen) atoms. The number of ether oxygens (including phenoxy) is 1. The molecule has 0 aliphatic heterocycles. The number of halogens is 1. The van der Waals surface area contributed by atoms with Crippen LogP contribution in [0.3, 0.4) is 0 Å². The fourth-order valence-electron chi connectivity index (χ4n) is 2.13. The Labute approximate surface area is 154 Å². The summed E-state index contributed by atoms with van der Waals surface area (Å²) in [7, 11) is 0.0273. The highest BCUT2D eigenvalue weighted by molar-refractivity contribution is 14.1. The minimum Gasteiger partial charge on any atom is -0.360 e. The lowest BCUT2D eigenvalue weighted by atomic mass is 10.3. The number of hydrogen-bond acceptors (Lipinski definition) is 5. The van der Waals surface area contributed by atoms with E-state index in [9.17, 15) is 4.79 Å². The maximum absolute atomic E-state index is 12.5. The number of hydrogen-bond donors (Lipinski definition) is 1. The van der Waals surface area contributed by atoms with Gasteiger partial charge in [-0.25, -0.2) is 14.2 Å². The molecule has 0 unspecified atom stereocenters. The lowest BCUT2D eigenvalue weighted by molar-refractivity contribution is 0.0789. The van der Waals surface area contributed by atoms with Crippen LogP contribution in [0.15, 0.2) is 30.9 Å². The van der Waals surface area contributed by atoms with Crippen LogP contribution < -0.4 is 5.32 Å². The van der Waals surface area contributed by atoms with E-state index in [4.69, 9.17) is 4.74 Å². The number of fused-ring (bicyclic) bond motifs is 1. The summed E-state index contributed by atoms with van der Waals surface area (Å²) in [5, 5.41) is 11.3. The van der Waals surface area contributed by atoms with Gasteiger partial charge in [-0.2, -0.15) is 10.2 Å². The molecule has 0 aliphatic carbocycles. The number of carbonyl (C=O) groups is 1. The van der Waals surface area contributed by atoms with Crippen molar-refractivity contribution >= 4 is 49.4 Å². The van der Waals surface area contributed by atoms with Crippen molar-refractivity contribution in [1.29, 1.82) is 0 Å². The first-order valence-electron chi connectivity index (χ1n) is 7.59. The van der Waals surface area contributed by atoms with Crippen LogP contribution >= 0.6 is 22.6 Å². The van der Waals surface area contributed by atoms with Gasteiger partial charge in [-0.15, -0.1) is 0 Å². The first-order valence-corrected chi connectivity index (χ1v) is 11.1. The highest BCUT2D eigenvalue weighted by atomic mass is 127. The molecule has 1 amide bonds. The normalized spacial score (nSPS) is 11.6. The lowest BCUT2D eigenvalue weighted by Crippen LogP contribution is -2.12. The molecule has 0 saturated heterocycles. The van der Waals surface area contributed by atoms with Crippen LogP contribution in [0.25, 0.3) is 5.65 Å². The van der Waals surface area contributed by atoms with Crippen molar-refractivity contribution in [3.05, 3.63) is 40.1 Å². The zero-order chi connectivity index (χ0) is 16.9. The number of carbonyl (C=O) groups excluding carboxylic acids is 1. The number of nitrogens with one attached hydrogen (secondary N) is 1. The summed E-state index contributed by atoms with van der Waals surface area (Å²) < 4.78 is 9.51. The Morgan fingerprint density at radius 1 is 1.50 bits per heavy atom. The van der Waals surface area contributed by atoms with Gasteiger partial charge in [0.2, 0.25) is 0 Å². The molecule has 1 N–H and O–H groups in total. The molecule has 126 valence electrons. The zero-order valence-corrected chi connectivity index (χ0v) is 16.7. The van der Waals surface area contributed by atoms with E-state index in [1.165, 1.54) is 6.20 Å². The Morgan fingerprint density at radius 3 is 3.21 bits per heavy atom. The highest BCUT2D eigenvalue weighted by Crippen LogP contribution is 2.18. The predicted octanol–water partition coefficient (Wildman–Crippen LogP) is 1.39. The average Bonchev–Trinajstić information content (AvgIpc) is 3.15. The molecule has 8 nitrogen and oxygen atoms in total. The van der Waals surface area contributed by atoms with E-state index in [-0.39, 0.29) is 15.4 Å². The number of anilines is 1. The van der Waals surface area contributed by atoms with E-state index >= 15 is 0 Å². The van der Waals surface area contributed by atoms with Crippen LogP contribution in [0, 0.1) is 3.70 Å². The Morgan fingerprint density at radius 2 is 2.38 bits per heavy atom. The SMILES string of the molecule is C[SiH2]CCOCn1cc(NC(=O)c2cnn3cccnc23)c(I)n1. The van der Waals surface area contributed by atoms with E-state index in [0.29, 0.717) is 27.3 Å². The van der Waals surface area contributed by atoms with Crippen LogP contribution in [-0.4, -0.2) is 46.4 Å². The van der Waals surface area contributed by atoms with Gasteiger partial charge in [0.15, 0.2) is 5.65 Å². The molecular formula is C14H17IN6O2Si. The first kappa shape index (κ1) is 17.0. The van der Waals surface area contributed by atoms with Crippen molar-refractivity contribution < 1.29 is 9.53 Å². The molecule has 0 atom stereocenters. The molecule has 0 saturated carbocycles. The van der Waals surface area contributed by atoms with Gasteiger partial charge in [-0.1, -0.05) is 6.55 Å². The van der Waals surface area contributed by atoms with E-state index in [2.05, 4.69) is 49.6 Å². The predicted molar refractivity (Wildman–Crippen MR) is 101 cm³/mol. The van der Waals surface area contributed by atoms with E-state index in [1.807, 2.05) is 0 Å². The van der Waals surface area contributed by atoms with Crippen LogP contribution in [0.1, 0.15) is 10.4 Å². The minimum atomic E-state index is -0.265.